The number of unbranched alkanes of at least 4 members (excludes halogenated alkanes) is 26. The summed E-state index contributed by atoms with van der Waals surface area (Å²) in [6.45, 7) is 5.63. The van der Waals surface area contributed by atoms with Gasteiger partial charge < -0.3 is 18.9 Å². The molecular formula is C41H85NO7P+. The molecule has 50 heavy (non-hydrogen) atoms. The van der Waals surface area contributed by atoms with Crippen LogP contribution in [0.5, 0.6) is 0 Å². The molecule has 0 aliphatic rings. The molecule has 0 radical (unpaired) electrons. The van der Waals surface area contributed by atoms with Gasteiger partial charge in [-0.3, -0.25) is 13.8 Å². The molecule has 1 N–H and O–H groups in total. The van der Waals surface area contributed by atoms with Crippen LogP contribution in [0.1, 0.15) is 200 Å². The van der Waals surface area contributed by atoms with Gasteiger partial charge in [-0.1, -0.05) is 181 Å². The largest absolute Gasteiger partial charge is 0.472 e. The fourth-order valence-corrected chi connectivity index (χ4v) is 6.82. The minimum atomic E-state index is -4.26. The van der Waals surface area contributed by atoms with E-state index >= 15 is 0 Å². The number of likely N-dealkylation sites (N-methyl/N-ethyl adjacent to an activating group) is 1. The highest BCUT2D eigenvalue weighted by atomic mass is 31.2. The van der Waals surface area contributed by atoms with Crippen LogP contribution in [0.25, 0.3) is 0 Å². The Morgan fingerprint density at radius 2 is 0.920 bits per heavy atom. The Bertz CT molecular complexity index is 777. The van der Waals surface area contributed by atoms with Crippen molar-refractivity contribution in [2.45, 2.75) is 206 Å². The van der Waals surface area contributed by atoms with Crippen LogP contribution in [0.4, 0.5) is 0 Å². The summed E-state index contributed by atoms with van der Waals surface area (Å²) < 4.78 is 34.8. The zero-order chi connectivity index (χ0) is 37.0. The fraction of sp³-hybridized carbons (Fsp3) is 0.976. The molecule has 0 bridgehead atoms. The lowest BCUT2D eigenvalue weighted by Crippen LogP contribution is -2.37. The second-order valence-electron chi connectivity index (χ2n) is 15.7. The Labute approximate surface area is 310 Å². The molecule has 9 heteroatoms. The van der Waals surface area contributed by atoms with Gasteiger partial charge in [0.2, 0.25) is 0 Å². The highest BCUT2D eigenvalue weighted by Crippen LogP contribution is 2.43. The van der Waals surface area contributed by atoms with Gasteiger partial charge in [0.05, 0.1) is 34.4 Å². The second kappa shape index (κ2) is 35.5. The van der Waals surface area contributed by atoms with Crippen molar-refractivity contribution in [2.24, 2.45) is 0 Å². The molecule has 0 fully saturated rings. The van der Waals surface area contributed by atoms with Crippen molar-refractivity contribution in [2.75, 3.05) is 54.1 Å². The van der Waals surface area contributed by atoms with Crippen molar-refractivity contribution in [3.63, 3.8) is 0 Å². The van der Waals surface area contributed by atoms with E-state index in [0.29, 0.717) is 24.1 Å². The number of carbonyl (C=O) groups is 1. The van der Waals surface area contributed by atoms with E-state index in [1.54, 1.807) is 0 Å². The van der Waals surface area contributed by atoms with Gasteiger partial charge in [0.1, 0.15) is 19.3 Å². The average molecular weight is 735 g/mol. The lowest BCUT2D eigenvalue weighted by Gasteiger charge is -2.24. The van der Waals surface area contributed by atoms with Crippen LogP contribution in [0, 0.1) is 0 Å². The van der Waals surface area contributed by atoms with Crippen molar-refractivity contribution >= 4 is 13.8 Å². The number of ether oxygens (including phenoxy) is 2. The summed E-state index contributed by atoms with van der Waals surface area (Å²) in [6, 6.07) is 0. The summed E-state index contributed by atoms with van der Waals surface area (Å²) in [5.41, 5.74) is 0. The van der Waals surface area contributed by atoms with E-state index in [0.717, 1.165) is 32.1 Å². The Balaban J connectivity index is 4.02. The SMILES string of the molecule is CCCCCCCCCCCCCCCCCCCCCCCC(=O)OC(COCCCCCCCCC)COP(=O)(O)OCC[N+](C)(C)C. The molecule has 0 rings (SSSR count). The molecule has 8 nitrogen and oxygen atoms in total. The number of carbonyl (C=O) groups excluding carboxylic acids is 1. The van der Waals surface area contributed by atoms with Crippen molar-refractivity contribution < 1.29 is 37.3 Å². The molecule has 0 amide bonds. The Kier molecular flexibility index (Phi) is 35.2. The van der Waals surface area contributed by atoms with Crippen molar-refractivity contribution in [1.82, 2.24) is 0 Å². The highest BCUT2D eigenvalue weighted by Gasteiger charge is 2.26. The Morgan fingerprint density at radius 3 is 1.32 bits per heavy atom. The topological polar surface area (TPSA) is 91.3 Å². The molecule has 0 saturated heterocycles. The number of esters is 1. The number of nitrogens with zero attached hydrogens (tertiary/aromatic N) is 1. The van der Waals surface area contributed by atoms with E-state index < -0.39 is 13.9 Å². The highest BCUT2D eigenvalue weighted by molar-refractivity contribution is 7.47. The van der Waals surface area contributed by atoms with Crippen LogP contribution in [0.15, 0.2) is 0 Å². The van der Waals surface area contributed by atoms with Gasteiger partial charge >= 0.3 is 13.8 Å². The maximum absolute atomic E-state index is 12.6. The molecule has 0 aromatic rings. The minimum absolute atomic E-state index is 0.0932. The first kappa shape index (κ1) is 49.5. The number of rotatable bonds is 40. The summed E-state index contributed by atoms with van der Waals surface area (Å²) in [6.07, 6.45) is 35.8. The van der Waals surface area contributed by atoms with Gasteiger partial charge in [0.15, 0.2) is 0 Å². The van der Waals surface area contributed by atoms with Crippen molar-refractivity contribution in [3.8, 4) is 0 Å². The molecular weight excluding hydrogens is 649 g/mol. The number of hydrogen-bond donors (Lipinski definition) is 1. The van der Waals surface area contributed by atoms with E-state index in [1.165, 1.54) is 148 Å². The van der Waals surface area contributed by atoms with Crippen molar-refractivity contribution in [3.05, 3.63) is 0 Å². The number of phosphoric acid groups is 1. The number of hydrogen-bond acceptors (Lipinski definition) is 6. The zero-order valence-corrected chi connectivity index (χ0v) is 34.8. The maximum atomic E-state index is 12.6. The van der Waals surface area contributed by atoms with E-state index in [1.807, 2.05) is 21.1 Å². The van der Waals surface area contributed by atoms with E-state index in [2.05, 4.69) is 13.8 Å². The first-order chi connectivity index (χ1) is 24.1. The minimum Gasteiger partial charge on any atom is -0.457 e. The Morgan fingerprint density at radius 1 is 0.540 bits per heavy atom. The average Bonchev–Trinajstić information content (AvgIpc) is 3.06. The maximum Gasteiger partial charge on any atom is 0.472 e. The van der Waals surface area contributed by atoms with Gasteiger partial charge in [-0.2, -0.15) is 0 Å². The molecule has 0 heterocycles. The number of phosphoric ester groups is 1. The molecule has 0 aromatic carbocycles. The van der Waals surface area contributed by atoms with Gasteiger partial charge in [-0.05, 0) is 12.8 Å². The van der Waals surface area contributed by atoms with E-state index in [4.69, 9.17) is 18.5 Å². The predicted molar refractivity (Wildman–Crippen MR) is 211 cm³/mol. The van der Waals surface area contributed by atoms with Gasteiger partial charge in [-0.15, -0.1) is 0 Å². The molecule has 2 unspecified atom stereocenters. The van der Waals surface area contributed by atoms with E-state index in [9.17, 15) is 14.3 Å². The lowest BCUT2D eigenvalue weighted by molar-refractivity contribution is -0.870. The third kappa shape index (κ3) is 38.7. The first-order valence-corrected chi connectivity index (χ1v) is 22.8. The van der Waals surface area contributed by atoms with Crippen LogP contribution in [-0.2, 0) is 27.9 Å². The molecule has 0 spiro atoms. The van der Waals surface area contributed by atoms with Gasteiger partial charge in [0, 0.05) is 13.0 Å². The standard InChI is InChI=1S/C41H84NO7P/c1-6-8-10-12-14-15-16-17-18-19-20-21-22-23-24-25-26-27-28-30-32-34-41(43)49-40(38-46-36-33-31-29-13-11-9-7-2)39-48-50(44,45)47-37-35-42(3,4)5/h40H,6-39H2,1-5H3/p+1. The smallest absolute Gasteiger partial charge is 0.457 e. The Hall–Kier alpha value is -0.500. The quantitative estimate of drug-likeness (QED) is 0.0290. The molecule has 300 valence electrons. The normalized spacial score (nSPS) is 13.8. The van der Waals surface area contributed by atoms with Crippen LogP contribution in [0.3, 0.4) is 0 Å². The summed E-state index contributed by atoms with van der Waals surface area (Å²) >= 11 is 0. The van der Waals surface area contributed by atoms with Crippen LogP contribution in [0.2, 0.25) is 0 Å². The van der Waals surface area contributed by atoms with E-state index in [-0.39, 0.29) is 25.8 Å². The summed E-state index contributed by atoms with van der Waals surface area (Å²) in [5, 5.41) is 0. The summed E-state index contributed by atoms with van der Waals surface area (Å²) in [5.74, 6) is -0.311. The van der Waals surface area contributed by atoms with Crippen molar-refractivity contribution in [1.29, 1.82) is 0 Å². The molecule has 0 aliphatic carbocycles. The summed E-state index contributed by atoms with van der Waals surface area (Å²) in [4.78, 5) is 22.8. The molecule has 0 saturated carbocycles. The van der Waals surface area contributed by atoms with Crippen LogP contribution >= 0.6 is 7.82 Å². The number of quaternary nitrogens is 1. The fourth-order valence-electron chi connectivity index (χ4n) is 6.08. The van der Waals surface area contributed by atoms with Crippen LogP contribution < -0.4 is 0 Å². The molecule has 2 atom stereocenters. The second-order valence-corrected chi connectivity index (χ2v) is 17.2. The monoisotopic (exact) mass is 735 g/mol. The molecule has 0 aliphatic heterocycles. The van der Waals surface area contributed by atoms with Gasteiger partial charge in [0.25, 0.3) is 0 Å². The third-order valence-electron chi connectivity index (χ3n) is 9.42. The predicted octanol–water partition coefficient (Wildman–Crippen LogP) is 12.1. The zero-order valence-electron chi connectivity index (χ0n) is 33.9. The van der Waals surface area contributed by atoms with Gasteiger partial charge in [-0.25, -0.2) is 4.57 Å². The summed E-state index contributed by atoms with van der Waals surface area (Å²) in [7, 11) is 1.68. The lowest BCUT2D eigenvalue weighted by atomic mass is 10.0. The third-order valence-corrected chi connectivity index (χ3v) is 10.4. The molecule has 0 aromatic heterocycles. The van der Waals surface area contributed by atoms with Crippen LogP contribution in [-0.4, -0.2) is 75.6 Å². The first-order valence-electron chi connectivity index (χ1n) is 21.3.